The lowest BCUT2D eigenvalue weighted by molar-refractivity contribution is -0.142. The lowest BCUT2D eigenvalue weighted by Crippen LogP contribution is -2.50. The van der Waals surface area contributed by atoms with E-state index in [2.05, 4.69) is 20.1 Å². The Labute approximate surface area is 174 Å². The fraction of sp³-hybridized carbons (Fsp3) is 0.526. The third kappa shape index (κ3) is 3.87. The molecule has 0 aromatic carbocycles. The van der Waals surface area contributed by atoms with Crippen LogP contribution in [0.2, 0.25) is 0 Å². The number of fused-ring (bicyclic) bond motifs is 1. The van der Waals surface area contributed by atoms with Gasteiger partial charge >= 0.3 is 6.18 Å². The largest absolute Gasteiger partial charge is 0.435 e. The second-order valence-electron chi connectivity index (χ2n) is 7.91. The van der Waals surface area contributed by atoms with Crippen molar-refractivity contribution in [2.24, 2.45) is 5.92 Å². The molecule has 9 nitrogen and oxygen atoms in total. The summed E-state index contributed by atoms with van der Waals surface area (Å²) in [6.45, 7) is 2.64. The van der Waals surface area contributed by atoms with Crippen LogP contribution >= 0.6 is 0 Å². The maximum absolute atomic E-state index is 12.9. The van der Waals surface area contributed by atoms with Crippen LogP contribution in [0.15, 0.2) is 29.6 Å². The predicted octanol–water partition coefficient (Wildman–Crippen LogP) is 1.72. The average molecular weight is 435 g/mol. The maximum atomic E-state index is 12.9. The van der Waals surface area contributed by atoms with Crippen molar-refractivity contribution in [3.8, 4) is 0 Å². The van der Waals surface area contributed by atoms with Crippen molar-refractivity contribution in [3.05, 3.63) is 40.8 Å². The molecule has 164 valence electrons. The first-order valence-electron chi connectivity index (χ1n) is 10.1. The zero-order valence-corrected chi connectivity index (χ0v) is 16.5. The first-order chi connectivity index (χ1) is 14.9. The van der Waals surface area contributed by atoms with Gasteiger partial charge in [-0.3, -0.25) is 4.79 Å². The van der Waals surface area contributed by atoms with Crippen molar-refractivity contribution in [3.63, 3.8) is 0 Å². The van der Waals surface area contributed by atoms with Gasteiger partial charge in [0.15, 0.2) is 22.7 Å². The van der Waals surface area contributed by atoms with Gasteiger partial charge in [-0.2, -0.15) is 18.3 Å². The lowest BCUT2D eigenvalue weighted by atomic mass is 10.0. The second kappa shape index (κ2) is 7.59. The number of rotatable bonds is 5. The van der Waals surface area contributed by atoms with Gasteiger partial charge in [0, 0.05) is 31.7 Å². The van der Waals surface area contributed by atoms with Crippen LogP contribution in [0, 0.1) is 5.92 Å². The first-order valence-corrected chi connectivity index (χ1v) is 10.1. The van der Waals surface area contributed by atoms with Crippen LogP contribution in [0.4, 0.5) is 19.0 Å². The van der Waals surface area contributed by atoms with Crippen LogP contribution in [0.5, 0.6) is 0 Å². The van der Waals surface area contributed by atoms with Crippen LogP contribution in [0.1, 0.15) is 18.5 Å². The standard InChI is InChI=1S/C19H20F3N7O2/c20-19(21,22)14-3-4-15(30)29(26-14)8-12-6-27(7-12)17-16-18(24-10-23-17)28(11-25-16)9-13-2-1-5-31-13/h3-4,10-13H,1-2,5-9H2. The van der Waals surface area contributed by atoms with Gasteiger partial charge in [-0.1, -0.05) is 0 Å². The SMILES string of the molecule is O=c1ccc(C(F)(F)F)nn1CC1CN(c2ncnc3c2ncn3CC2CCCO2)C1. The van der Waals surface area contributed by atoms with Crippen molar-refractivity contribution in [1.29, 1.82) is 0 Å². The molecule has 2 aliphatic heterocycles. The Kier molecular flexibility index (Phi) is 4.88. The van der Waals surface area contributed by atoms with Gasteiger partial charge < -0.3 is 14.2 Å². The van der Waals surface area contributed by atoms with Crippen LogP contribution in [0.25, 0.3) is 11.2 Å². The van der Waals surface area contributed by atoms with E-state index in [1.54, 1.807) is 6.33 Å². The minimum Gasteiger partial charge on any atom is -0.376 e. The zero-order chi connectivity index (χ0) is 21.6. The van der Waals surface area contributed by atoms with Gasteiger partial charge in [0.2, 0.25) is 0 Å². The first kappa shape index (κ1) is 19.9. The van der Waals surface area contributed by atoms with Crippen molar-refractivity contribution < 1.29 is 17.9 Å². The molecule has 0 radical (unpaired) electrons. The quantitative estimate of drug-likeness (QED) is 0.603. The summed E-state index contributed by atoms with van der Waals surface area (Å²) in [4.78, 5) is 27.1. The molecule has 0 saturated carbocycles. The highest BCUT2D eigenvalue weighted by atomic mass is 19.4. The van der Waals surface area contributed by atoms with Crippen molar-refractivity contribution >= 4 is 17.0 Å². The number of hydrogen-bond donors (Lipinski definition) is 0. The Hall–Kier alpha value is -3.02. The fourth-order valence-electron chi connectivity index (χ4n) is 4.07. The van der Waals surface area contributed by atoms with E-state index in [4.69, 9.17) is 4.74 Å². The normalized spacial score (nSPS) is 19.8. The Morgan fingerprint density at radius 3 is 2.71 bits per heavy atom. The molecular formula is C19H20F3N7O2. The Bertz CT molecular complexity index is 1150. The monoisotopic (exact) mass is 435 g/mol. The molecule has 0 spiro atoms. The third-order valence-electron chi connectivity index (χ3n) is 5.65. The van der Waals surface area contributed by atoms with E-state index in [1.165, 1.54) is 6.33 Å². The maximum Gasteiger partial charge on any atom is 0.435 e. The Morgan fingerprint density at radius 1 is 1.13 bits per heavy atom. The van der Waals surface area contributed by atoms with Gasteiger partial charge in [-0.15, -0.1) is 0 Å². The van der Waals surface area contributed by atoms with Crippen LogP contribution in [-0.4, -0.2) is 55.1 Å². The van der Waals surface area contributed by atoms with Crippen molar-refractivity contribution in [2.45, 2.75) is 38.2 Å². The van der Waals surface area contributed by atoms with Gasteiger partial charge in [0.1, 0.15) is 6.33 Å². The van der Waals surface area contributed by atoms with Gasteiger partial charge in [0.05, 0.1) is 25.5 Å². The van der Waals surface area contributed by atoms with Crippen LogP contribution in [0.3, 0.4) is 0 Å². The summed E-state index contributed by atoms with van der Waals surface area (Å²) in [5, 5.41) is 3.47. The van der Waals surface area contributed by atoms with E-state index in [9.17, 15) is 18.0 Å². The molecule has 0 amide bonds. The summed E-state index contributed by atoms with van der Waals surface area (Å²) in [7, 11) is 0. The van der Waals surface area contributed by atoms with E-state index in [0.29, 0.717) is 37.0 Å². The van der Waals surface area contributed by atoms with E-state index in [1.807, 2.05) is 9.47 Å². The lowest BCUT2D eigenvalue weighted by Gasteiger charge is -2.40. The van der Waals surface area contributed by atoms with E-state index >= 15 is 0 Å². The second-order valence-corrected chi connectivity index (χ2v) is 7.91. The number of anilines is 1. The molecule has 3 aromatic heterocycles. The van der Waals surface area contributed by atoms with E-state index in [-0.39, 0.29) is 18.6 Å². The number of nitrogens with zero attached hydrogens (tertiary/aromatic N) is 7. The van der Waals surface area contributed by atoms with Gasteiger partial charge in [-0.25, -0.2) is 19.6 Å². The molecule has 3 aromatic rings. The number of ether oxygens (including phenoxy) is 1. The Morgan fingerprint density at radius 2 is 1.97 bits per heavy atom. The summed E-state index contributed by atoms with van der Waals surface area (Å²) < 4.78 is 47.2. The number of imidazole rings is 1. The van der Waals surface area contributed by atoms with Crippen LogP contribution in [-0.2, 0) is 24.0 Å². The zero-order valence-electron chi connectivity index (χ0n) is 16.5. The van der Waals surface area contributed by atoms with Crippen molar-refractivity contribution in [1.82, 2.24) is 29.3 Å². The predicted molar refractivity (Wildman–Crippen MR) is 103 cm³/mol. The number of alkyl halides is 3. The molecular weight excluding hydrogens is 415 g/mol. The topological polar surface area (TPSA) is 91.0 Å². The molecule has 0 N–H and O–H groups in total. The summed E-state index contributed by atoms with van der Waals surface area (Å²) in [5.41, 5.74) is -0.227. The molecule has 1 unspecified atom stereocenters. The smallest absolute Gasteiger partial charge is 0.376 e. The molecule has 1 atom stereocenters. The third-order valence-corrected chi connectivity index (χ3v) is 5.65. The van der Waals surface area contributed by atoms with Crippen LogP contribution < -0.4 is 10.5 Å². The highest BCUT2D eigenvalue weighted by Gasteiger charge is 2.35. The highest BCUT2D eigenvalue weighted by molar-refractivity contribution is 5.83. The average Bonchev–Trinajstić information content (AvgIpc) is 3.35. The molecule has 5 heterocycles. The fourth-order valence-corrected chi connectivity index (χ4v) is 4.07. The molecule has 2 saturated heterocycles. The molecule has 31 heavy (non-hydrogen) atoms. The molecule has 0 bridgehead atoms. The minimum absolute atomic E-state index is 0.0207. The summed E-state index contributed by atoms with van der Waals surface area (Å²) in [5.74, 6) is 0.657. The number of halogens is 3. The van der Waals surface area contributed by atoms with E-state index in [0.717, 1.165) is 35.8 Å². The molecule has 5 rings (SSSR count). The molecule has 12 heteroatoms. The molecule has 0 aliphatic carbocycles. The molecule has 2 aliphatic rings. The number of hydrogen-bond acceptors (Lipinski definition) is 7. The van der Waals surface area contributed by atoms with Gasteiger partial charge in [-0.05, 0) is 18.9 Å². The molecule has 2 fully saturated rings. The van der Waals surface area contributed by atoms with Crippen molar-refractivity contribution in [2.75, 3.05) is 24.6 Å². The Balaban J connectivity index is 1.29. The summed E-state index contributed by atoms with van der Waals surface area (Å²) in [6.07, 6.45) is 0.842. The van der Waals surface area contributed by atoms with E-state index < -0.39 is 17.4 Å². The summed E-state index contributed by atoms with van der Waals surface area (Å²) in [6, 6.07) is 1.61. The van der Waals surface area contributed by atoms with Gasteiger partial charge in [0.25, 0.3) is 5.56 Å². The highest BCUT2D eigenvalue weighted by Crippen LogP contribution is 2.30. The number of aromatic nitrogens is 6. The summed E-state index contributed by atoms with van der Waals surface area (Å²) >= 11 is 0. The minimum atomic E-state index is -4.59.